The molecule has 0 bridgehead atoms. The van der Waals surface area contributed by atoms with Crippen LogP contribution in [0, 0.1) is 6.92 Å². The first kappa shape index (κ1) is 15.6. The van der Waals surface area contributed by atoms with Crippen LogP contribution >= 0.6 is 0 Å². The summed E-state index contributed by atoms with van der Waals surface area (Å²) in [6, 6.07) is 5.04. The molecule has 106 valence electrons. The molecule has 1 unspecified atom stereocenters. The van der Waals surface area contributed by atoms with Gasteiger partial charge in [-0.3, -0.25) is 4.79 Å². The van der Waals surface area contributed by atoms with Gasteiger partial charge >= 0.3 is 5.97 Å². The molecule has 0 aromatic heterocycles. The number of hydrogen-bond acceptors (Lipinski definition) is 4. The molecule has 6 nitrogen and oxygen atoms in total. The Labute approximate surface area is 112 Å². The summed E-state index contributed by atoms with van der Waals surface area (Å²) in [5.41, 5.74) is 6.23. The molecule has 0 saturated carbocycles. The Bertz CT molecular complexity index is 525. The number of carboxylic acid groups (broad SMARTS) is 1. The van der Waals surface area contributed by atoms with Crippen LogP contribution in [-0.4, -0.2) is 32.1 Å². The Balaban J connectivity index is 2.87. The molecule has 0 amide bonds. The predicted octanol–water partition coefficient (Wildman–Crippen LogP) is 0.465. The van der Waals surface area contributed by atoms with Gasteiger partial charge in [0.1, 0.15) is 6.04 Å². The zero-order valence-corrected chi connectivity index (χ0v) is 11.5. The van der Waals surface area contributed by atoms with E-state index < -0.39 is 22.0 Å². The van der Waals surface area contributed by atoms with E-state index in [4.69, 9.17) is 10.8 Å². The second kappa shape index (κ2) is 6.65. The third kappa shape index (κ3) is 4.62. The number of carboxylic acids is 1. The van der Waals surface area contributed by atoms with Crippen molar-refractivity contribution in [3.8, 4) is 0 Å². The molecular formula is C12H18N2O4S. The highest BCUT2D eigenvalue weighted by atomic mass is 32.2. The molecule has 0 saturated heterocycles. The first-order chi connectivity index (χ1) is 8.86. The summed E-state index contributed by atoms with van der Waals surface area (Å²) in [4.78, 5) is 11.1. The van der Waals surface area contributed by atoms with Gasteiger partial charge < -0.3 is 10.8 Å². The van der Waals surface area contributed by atoms with Crippen molar-refractivity contribution < 1.29 is 18.3 Å². The Kier molecular flexibility index (Phi) is 5.46. The molecule has 0 heterocycles. The highest BCUT2D eigenvalue weighted by molar-refractivity contribution is 7.89. The molecule has 7 heteroatoms. The molecular weight excluding hydrogens is 268 g/mol. The lowest BCUT2D eigenvalue weighted by Crippen LogP contribution is -2.40. The molecule has 19 heavy (non-hydrogen) atoms. The third-order valence-electron chi connectivity index (χ3n) is 2.62. The number of carbonyl (C=O) groups is 1. The lowest BCUT2D eigenvalue weighted by molar-refractivity contribution is -0.139. The summed E-state index contributed by atoms with van der Waals surface area (Å²) in [6.45, 7) is 2.15. The van der Waals surface area contributed by atoms with Crippen molar-refractivity contribution in [2.75, 3.05) is 6.54 Å². The number of sulfonamides is 1. The molecule has 0 aliphatic carbocycles. The quantitative estimate of drug-likeness (QED) is 0.675. The van der Waals surface area contributed by atoms with Gasteiger partial charge in [-0.1, -0.05) is 17.7 Å². The first-order valence-electron chi connectivity index (χ1n) is 5.88. The Hall–Kier alpha value is -1.44. The van der Waals surface area contributed by atoms with Crippen molar-refractivity contribution in [1.29, 1.82) is 0 Å². The maximum Gasteiger partial charge on any atom is 0.321 e. The highest BCUT2D eigenvalue weighted by Crippen LogP contribution is 2.11. The van der Waals surface area contributed by atoms with Gasteiger partial charge in [-0.05, 0) is 38.4 Å². The standard InChI is InChI=1S/C12H18N2O4S/c1-9-4-6-10(7-5-9)19(17,18)14-11(12(15)16)3-2-8-13/h4-7,11,14H,2-3,8,13H2,1H3,(H,15,16). The lowest BCUT2D eigenvalue weighted by Gasteiger charge is -2.14. The molecule has 4 N–H and O–H groups in total. The van der Waals surface area contributed by atoms with E-state index in [0.717, 1.165) is 5.56 Å². The number of aliphatic carboxylic acids is 1. The fourth-order valence-electron chi connectivity index (χ4n) is 1.53. The fourth-order valence-corrected chi connectivity index (χ4v) is 2.75. The maximum atomic E-state index is 12.0. The van der Waals surface area contributed by atoms with E-state index in [0.29, 0.717) is 13.0 Å². The first-order valence-corrected chi connectivity index (χ1v) is 7.37. The molecule has 0 aliphatic heterocycles. The minimum Gasteiger partial charge on any atom is -0.480 e. The number of nitrogens with one attached hydrogen (secondary N) is 1. The average molecular weight is 286 g/mol. The van der Waals surface area contributed by atoms with Crippen molar-refractivity contribution in [2.24, 2.45) is 5.73 Å². The second-order valence-electron chi connectivity index (χ2n) is 4.26. The summed E-state index contributed by atoms with van der Waals surface area (Å²) < 4.78 is 26.2. The minimum atomic E-state index is -3.82. The summed E-state index contributed by atoms with van der Waals surface area (Å²) >= 11 is 0. The number of aryl methyl sites for hydroxylation is 1. The van der Waals surface area contributed by atoms with Crippen molar-refractivity contribution in [2.45, 2.75) is 30.7 Å². The van der Waals surface area contributed by atoms with Crippen molar-refractivity contribution in [3.05, 3.63) is 29.8 Å². The van der Waals surface area contributed by atoms with Crippen molar-refractivity contribution >= 4 is 16.0 Å². The lowest BCUT2D eigenvalue weighted by atomic mass is 10.2. The van der Waals surface area contributed by atoms with Gasteiger partial charge in [-0.2, -0.15) is 4.72 Å². The van der Waals surface area contributed by atoms with E-state index in [-0.39, 0.29) is 11.3 Å². The smallest absolute Gasteiger partial charge is 0.321 e. The van der Waals surface area contributed by atoms with Crippen LogP contribution in [-0.2, 0) is 14.8 Å². The molecule has 0 fully saturated rings. The van der Waals surface area contributed by atoms with Crippen LogP contribution in [0.4, 0.5) is 0 Å². The topological polar surface area (TPSA) is 109 Å². The van der Waals surface area contributed by atoms with E-state index in [1.807, 2.05) is 6.92 Å². The van der Waals surface area contributed by atoms with Gasteiger partial charge in [-0.15, -0.1) is 0 Å². The maximum absolute atomic E-state index is 12.0. The van der Waals surface area contributed by atoms with Gasteiger partial charge in [0.05, 0.1) is 4.90 Å². The van der Waals surface area contributed by atoms with Crippen molar-refractivity contribution in [3.63, 3.8) is 0 Å². The molecule has 1 atom stereocenters. The molecule has 1 rings (SSSR count). The third-order valence-corrected chi connectivity index (χ3v) is 4.11. The Morgan fingerprint density at radius 3 is 2.42 bits per heavy atom. The van der Waals surface area contributed by atoms with Crippen LogP contribution in [0.3, 0.4) is 0 Å². The average Bonchev–Trinajstić information content (AvgIpc) is 2.34. The Morgan fingerprint density at radius 2 is 1.95 bits per heavy atom. The van der Waals surface area contributed by atoms with Crippen LogP contribution in [0.25, 0.3) is 0 Å². The van der Waals surface area contributed by atoms with Gasteiger partial charge in [0.25, 0.3) is 0 Å². The van der Waals surface area contributed by atoms with E-state index in [2.05, 4.69) is 4.72 Å². The second-order valence-corrected chi connectivity index (χ2v) is 5.97. The number of benzene rings is 1. The molecule has 1 aromatic rings. The molecule has 0 radical (unpaired) electrons. The fraction of sp³-hybridized carbons (Fsp3) is 0.417. The SMILES string of the molecule is Cc1ccc(S(=O)(=O)NC(CCCN)C(=O)O)cc1. The Morgan fingerprint density at radius 1 is 1.37 bits per heavy atom. The van der Waals surface area contributed by atoms with E-state index in [9.17, 15) is 13.2 Å². The highest BCUT2D eigenvalue weighted by Gasteiger charge is 2.24. The summed E-state index contributed by atoms with van der Waals surface area (Å²) in [5, 5.41) is 8.99. The number of nitrogens with two attached hydrogens (primary N) is 1. The summed E-state index contributed by atoms with van der Waals surface area (Å²) in [5.74, 6) is -1.20. The summed E-state index contributed by atoms with van der Waals surface area (Å²) in [6.07, 6.45) is 0.601. The van der Waals surface area contributed by atoms with Crippen LogP contribution in [0.1, 0.15) is 18.4 Å². The largest absolute Gasteiger partial charge is 0.480 e. The normalized spacial score (nSPS) is 13.2. The van der Waals surface area contributed by atoms with E-state index in [1.165, 1.54) is 12.1 Å². The van der Waals surface area contributed by atoms with Crippen LogP contribution in [0.5, 0.6) is 0 Å². The molecule has 0 aliphatic rings. The minimum absolute atomic E-state index is 0.0529. The van der Waals surface area contributed by atoms with Crippen LogP contribution in [0.2, 0.25) is 0 Å². The van der Waals surface area contributed by atoms with E-state index in [1.54, 1.807) is 12.1 Å². The molecule has 0 spiro atoms. The van der Waals surface area contributed by atoms with Crippen molar-refractivity contribution in [1.82, 2.24) is 4.72 Å². The molecule has 1 aromatic carbocycles. The van der Waals surface area contributed by atoms with Crippen LogP contribution in [0.15, 0.2) is 29.2 Å². The van der Waals surface area contributed by atoms with Gasteiger partial charge in [0.15, 0.2) is 0 Å². The monoisotopic (exact) mass is 286 g/mol. The van der Waals surface area contributed by atoms with Gasteiger partial charge in [-0.25, -0.2) is 8.42 Å². The van der Waals surface area contributed by atoms with Crippen LogP contribution < -0.4 is 10.5 Å². The summed E-state index contributed by atoms with van der Waals surface area (Å²) in [7, 11) is -3.82. The van der Waals surface area contributed by atoms with Gasteiger partial charge in [0.2, 0.25) is 10.0 Å². The number of rotatable bonds is 7. The zero-order chi connectivity index (χ0) is 14.5. The van der Waals surface area contributed by atoms with E-state index >= 15 is 0 Å². The number of hydrogen-bond donors (Lipinski definition) is 3. The zero-order valence-electron chi connectivity index (χ0n) is 10.7. The van der Waals surface area contributed by atoms with Gasteiger partial charge in [0, 0.05) is 0 Å². The predicted molar refractivity (Wildman–Crippen MR) is 71.2 cm³/mol.